The molecule has 0 aromatic rings. The lowest BCUT2D eigenvalue weighted by Gasteiger charge is -2.30. The number of phosphoric acid groups is 1. The molecule has 1 amide bonds. The lowest BCUT2D eigenvalue weighted by atomic mass is 10.0. The fourth-order valence-electron chi connectivity index (χ4n) is 9.29. The predicted octanol–water partition coefficient (Wildman–Crippen LogP) is 18.3. The zero-order valence-electron chi connectivity index (χ0n) is 47.9. The fourth-order valence-corrected chi connectivity index (χ4v) is 10.0. The van der Waals surface area contributed by atoms with Gasteiger partial charge in [-0.05, 0) is 51.4 Å². The molecule has 420 valence electrons. The number of nitrogens with one attached hydrogen (secondary N) is 1. The molecule has 0 rings (SSSR count). The smallest absolute Gasteiger partial charge is 0.268 e. The zero-order chi connectivity index (χ0) is 52.0. The minimum Gasteiger partial charge on any atom is -0.756 e. The quantitative estimate of drug-likeness (QED) is 0.0272. The monoisotopic (exact) mass is 1020 g/mol. The Hall–Kier alpha value is -1.28. The number of carbonyl (C=O) groups is 1. The second-order valence-corrected chi connectivity index (χ2v) is 23.8. The molecule has 0 aliphatic rings. The molecule has 3 atom stereocenters. The second kappa shape index (κ2) is 53.5. The van der Waals surface area contributed by atoms with Gasteiger partial charge in [0, 0.05) is 6.42 Å². The van der Waals surface area contributed by atoms with Crippen molar-refractivity contribution in [1.82, 2.24) is 5.32 Å². The highest BCUT2D eigenvalue weighted by molar-refractivity contribution is 7.45. The molecular formula is C62H121N2O6P. The van der Waals surface area contributed by atoms with E-state index in [0.29, 0.717) is 23.9 Å². The van der Waals surface area contributed by atoms with Gasteiger partial charge in [-0.25, -0.2) is 0 Å². The van der Waals surface area contributed by atoms with E-state index in [1.165, 1.54) is 225 Å². The molecule has 0 heterocycles. The molecule has 3 unspecified atom stereocenters. The summed E-state index contributed by atoms with van der Waals surface area (Å²) >= 11 is 0. The van der Waals surface area contributed by atoms with E-state index < -0.39 is 20.0 Å². The largest absolute Gasteiger partial charge is 0.756 e. The molecule has 2 N–H and O–H groups in total. The molecule has 0 saturated carbocycles. The Balaban J connectivity index is 3.94. The Labute approximate surface area is 442 Å². The van der Waals surface area contributed by atoms with E-state index in [2.05, 4.69) is 55.6 Å². The summed E-state index contributed by atoms with van der Waals surface area (Å²) in [5, 5.41) is 14.0. The number of likely N-dealkylation sites (N-methyl/N-ethyl adjacent to an activating group) is 1. The Morgan fingerprint density at radius 2 is 0.817 bits per heavy atom. The van der Waals surface area contributed by atoms with Crippen molar-refractivity contribution in [3.63, 3.8) is 0 Å². The molecule has 9 heteroatoms. The van der Waals surface area contributed by atoms with Gasteiger partial charge in [0.05, 0.1) is 39.9 Å². The number of aliphatic hydroxyl groups is 1. The number of allylic oxidation sites excluding steroid dienone is 6. The molecule has 0 aliphatic heterocycles. The van der Waals surface area contributed by atoms with Gasteiger partial charge in [-0.1, -0.05) is 281 Å². The molecule has 71 heavy (non-hydrogen) atoms. The van der Waals surface area contributed by atoms with E-state index in [9.17, 15) is 19.4 Å². The summed E-state index contributed by atoms with van der Waals surface area (Å²) in [6.45, 7) is 4.74. The Morgan fingerprint density at radius 3 is 1.18 bits per heavy atom. The van der Waals surface area contributed by atoms with Crippen molar-refractivity contribution in [2.45, 2.75) is 315 Å². The summed E-state index contributed by atoms with van der Waals surface area (Å²) in [5.41, 5.74) is 0. The summed E-state index contributed by atoms with van der Waals surface area (Å²) in [6.07, 6.45) is 69.1. The third kappa shape index (κ3) is 56.3. The molecular weight excluding hydrogens is 900 g/mol. The van der Waals surface area contributed by atoms with Gasteiger partial charge in [-0.3, -0.25) is 9.36 Å². The van der Waals surface area contributed by atoms with E-state index in [0.717, 1.165) is 51.4 Å². The maximum Gasteiger partial charge on any atom is 0.268 e. The first kappa shape index (κ1) is 69.7. The molecule has 0 saturated heterocycles. The third-order valence-electron chi connectivity index (χ3n) is 14.1. The van der Waals surface area contributed by atoms with Crippen molar-refractivity contribution >= 4 is 13.7 Å². The molecule has 0 fully saturated rings. The lowest BCUT2D eigenvalue weighted by Crippen LogP contribution is -2.46. The van der Waals surface area contributed by atoms with E-state index in [-0.39, 0.29) is 19.1 Å². The highest BCUT2D eigenvalue weighted by Gasteiger charge is 2.24. The van der Waals surface area contributed by atoms with Gasteiger partial charge in [0.15, 0.2) is 0 Å². The van der Waals surface area contributed by atoms with Crippen molar-refractivity contribution in [3.8, 4) is 0 Å². The van der Waals surface area contributed by atoms with Gasteiger partial charge in [-0.15, -0.1) is 0 Å². The van der Waals surface area contributed by atoms with Gasteiger partial charge in [0.25, 0.3) is 7.82 Å². The number of nitrogens with zero attached hydrogens (tertiary/aromatic N) is 1. The van der Waals surface area contributed by atoms with Crippen LogP contribution in [-0.2, 0) is 18.4 Å². The molecule has 0 spiro atoms. The first-order valence-electron chi connectivity index (χ1n) is 30.8. The van der Waals surface area contributed by atoms with Crippen LogP contribution in [0.25, 0.3) is 0 Å². The van der Waals surface area contributed by atoms with Crippen LogP contribution in [0.5, 0.6) is 0 Å². The van der Waals surface area contributed by atoms with Crippen LogP contribution < -0.4 is 10.2 Å². The van der Waals surface area contributed by atoms with Crippen molar-refractivity contribution in [3.05, 3.63) is 36.5 Å². The molecule has 0 bridgehead atoms. The standard InChI is InChI=1S/C62H121N2O6P/c1-6-8-10-12-14-16-18-20-22-23-24-25-26-27-28-29-30-31-32-33-34-35-36-37-38-39-40-41-42-44-46-48-50-52-54-56-62(66)63-60(59-70-71(67,68)69-58-57-64(3,4)5)61(65)55-53-51-49-47-45-43-21-19-17-15-13-11-9-7-2/h18,20,23-24,26-27,60-61,65H,6-17,19,21-22,25,28-59H2,1-5H3,(H-,63,66,67,68)/b20-18-,24-23-,27-26-. The van der Waals surface area contributed by atoms with Crippen molar-refractivity contribution in [2.75, 3.05) is 40.9 Å². The van der Waals surface area contributed by atoms with Crippen molar-refractivity contribution in [1.29, 1.82) is 0 Å². The number of unbranched alkanes of at least 4 members (excludes halogenated alkanes) is 38. The maximum atomic E-state index is 13.0. The number of phosphoric ester groups is 1. The van der Waals surface area contributed by atoms with Crippen LogP contribution in [0, 0.1) is 0 Å². The Bertz CT molecular complexity index is 1250. The normalized spacial score (nSPS) is 14.1. The van der Waals surface area contributed by atoms with Gasteiger partial charge in [-0.2, -0.15) is 0 Å². The molecule has 0 aromatic carbocycles. The summed E-state index contributed by atoms with van der Waals surface area (Å²) in [7, 11) is 1.32. The highest BCUT2D eigenvalue weighted by Crippen LogP contribution is 2.38. The SMILES string of the molecule is CCCCCCC/C=C\C/C=C\C/C=C\CCCCCCCCCCCCCCCCCCCCCCC(=O)NC(COP(=O)([O-])OCC[N+](C)(C)C)C(O)CCCCCCCCCCCCCCCC. The van der Waals surface area contributed by atoms with Gasteiger partial charge in [0.2, 0.25) is 5.91 Å². The highest BCUT2D eigenvalue weighted by atomic mass is 31.2. The number of amides is 1. The van der Waals surface area contributed by atoms with Crippen LogP contribution in [0.3, 0.4) is 0 Å². The van der Waals surface area contributed by atoms with Crippen LogP contribution in [0.15, 0.2) is 36.5 Å². The number of hydrogen-bond acceptors (Lipinski definition) is 6. The average molecular weight is 1020 g/mol. The predicted molar refractivity (Wildman–Crippen MR) is 307 cm³/mol. The van der Waals surface area contributed by atoms with E-state index in [1.807, 2.05) is 21.1 Å². The summed E-state index contributed by atoms with van der Waals surface area (Å²) in [4.78, 5) is 25.5. The molecule has 8 nitrogen and oxygen atoms in total. The minimum atomic E-state index is -4.57. The van der Waals surface area contributed by atoms with E-state index >= 15 is 0 Å². The van der Waals surface area contributed by atoms with E-state index in [1.54, 1.807) is 0 Å². The first-order valence-corrected chi connectivity index (χ1v) is 32.3. The van der Waals surface area contributed by atoms with Crippen molar-refractivity contribution in [2.24, 2.45) is 0 Å². The summed E-state index contributed by atoms with van der Waals surface area (Å²) in [5.74, 6) is -0.160. The van der Waals surface area contributed by atoms with Crippen molar-refractivity contribution < 1.29 is 32.9 Å². The van der Waals surface area contributed by atoms with Gasteiger partial charge < -0.3 is 28.8 Å². The number of carbonyl (C=O) groups excluding carboxylic acids is 1. The van der Waals surface area contributed by atoms with E-state index in [4.69, 9.17) is 9.05 Å². The summed E-state index contributed by atoms with van der Waals surface area (Å²) in [6, 6.07) is -0.798. The number of hydrogen-bond donors (Lipinski definition) is 2. The molecule has 0 radical (unpaired) electrons. The second-order valence-electron chi connectivity index (χ2n) is 22.4. The van der Waals surface area contributed by atoms with Crippen LogP contribution in [0.2, 0.25) is 0 Å². The third-order valence-corrected chi connectivity index (χ3v) is 15.1. The van der Waals surface area contributed by atoms with Crippen LogP contribution >= 0.6 is 7.82 Å². The molecule has 0 aliphatic carbocycles. The Morgan fingerprint density at radius 1 is 0.493 bits per heavy atom. The van der Waals surface area contributed by atoms with Crippen LogP contribution in [0.1, 0.15) is 303 Å². The average Bonchev–Trinajstić information content (AvgIpc) is 3.33. The van der Waals surface area contributed by atoms with Gasteiger partial charge in [0.1, 0.15) is 13.2 Å². The topological polar surface area (TPSA) is 108 Å². The lowest BCUT2D eigenvalue weighted by molar-refractivity contribution is -0.870. The zero-order valence-corrected chi connectivity index (χ0v) is 48.8. The van der Waals surface area contributed by atoms with Crippen LogP contribution in [0.4, 0.5) is 0 Å². The van der Waals surface area contributed by atoms with Crippen LogP contribution in [-0.4, -0.2) is 68.5 Å². The first-order chi connectivity index (χ1) is 34.5. The number of aliphatic hydroxyl groups excluding tert-OH is 1. The molecule has 0 aromatic heterocycles. The minimum absolute atomic E-state index is 0.0140. The van der Waals surface area contributed by atoms with Gasteiger partial charge >= 0.3 is 0 Å². The maximum absolute atomic E-state index is 13.0. The summed E-state index contributed by atoms with van der Waals surface area (Å²) < 4.78 is 23.4. The number of rotatable bonds is 57. The Kier molecular flexibility index (Phi) is 52.6. The fraction of sp³-hybridized carbons (Fsp3) is 0.887. The number of quaternary nitrogens is 1.